The Morgan fingerprint density at radius 3 is 2.68 bits per heavy atom. The molecule has 1 fully saturated rings. The Kier molecular flexibility index (Phi) is 5.84. The van der Waals surface area contributed by atoms with Gasteiger partial charge in [-0.05, 0) is 42.8 Å². The summed E-state index contributed by atoms with van der Waals surface area (Å²) < 4.78 is 38.3. The van der Waals surface area contributed by atoms with Crippen LogP contribution < -0.4 is 10.1 Å². The fourth-order valence-electron chi connectivity index (χ4n) is 3.50. The first-order chi connectivity index (χ1) is 14.9. The highest BCUT2D eigenvalue weighted by Crippen LogP contribution is 2.33. The number of nitrogens with one attached hydrogen (secondary N) is 1. The number of ether oxygens (including phenoxy) is 1. The summed E-state index contributed by atoms with van der Waals surface area (Å²) in [6.07, 6.45) is 4.46. The molecule has 2 aliphatic rings. The number of carbonyl (C=O) groups is 2. The van der Waals surface area contributed by atoms with Crippen molar-refractivity contribution in [2.24, 2.45) is 0 Å². The van der Waals surface area contributed by atoms with E-state index in [0.717, 1.165) is 0 Å². The average Bonchev–Trinajstić information content (AvgIpc) is 3.30. The van der Waals surface area contributed by atoms with Crippen LogP contribution in [0.15, 0.2) is 52.0 Å². The number of sulfonamides is 1. The molecule has 1 aromatic heterocycles. The Labute approximate surface area is 180 Å². The van der Waals surface area contributed by atoms with E-state index < -0.39 is 16.1 Å². The predicted molar refractivity (Wildman–Crippen MR) is 113 cm³/mol. The summed E-state index contributed by atoms with van der Waals surface area (Å²) in [6, 6.07) is 7.92. The van der Waals surface area contributed by atoms with Gasteiger partial charge in [-0.15, -0.1) is 0 Å². The molecule has 4 rings (SSSR count). The van der Waals surface area contributed by atoms with Gasteiger partial charge < -0.3 is 19.4 Å². The number of hydrogen-bond donors (Lipinski definition) is 1. The Bertz CT molecular complexity index is 1100. The number of piperazine rings is 1. The molecule has 0 saturated carbocycles. The van der Waals surface area contributed by atoms with Crippen LogP contribution in [0.2, 0.25) is 0 Å². The normalized spacial score (nSPS) is 19.7. The van der Waals surface area contributed by atoms with Crippen molar-refractivity contribution in [1.29, 1.82) is 0 Å². The van der Waals surface area contributed by atoms with Gasteiger partial charge in [-0.25, -0.2) is 8.42 Å². The van der Waals surface area contributed by atoms with E-state index >= 15 is 0 Å². The molecule has 2 aromatic rings. The quantitative estimate of drug-likeness (QED) is 0.705. The maximum absolute atomic E-state index is 13.1. The van der Waals surface area contributed by atoms with Gasteiger partial charge in [0.15, 0.2) is 6.10 Å². The molecule has 0 unspecified atom stereocenters. The summed E-state index contributed by atoms with van der Waals surface area (Å²) in [5.41, 5.74) is 0.340. The van der Waals surface area contributed by atoms with Crippen LogP contribution in [0.4, 0.5) is 5.69 Å². The first-order valence-corrected chi connectivity index (χ1v) is 11.4. The predicted octanol–water partition coefficient (Wildman–Crippen LogP) is 1.94. The highest BCUT2D eigenvalue weighted by molar-refractivity contribution is 7.89. The molecule has 1 N–H and O–H groups in total. The van der Waals surface area contributed by atoms with Crippen LogP contribution in [0, 0.1) is 0 Å². The molecule has 2 amide bonds. The number of amides is 2. The number of carbonyl (C=O) groups excluding carboxylic acids is 2. The van der Waals surface area contributed by atoms with Crippen LogP contribution in [-0.4, -0.2) is 61.7 Å². The number of rotatable bonds is 5. The Balaban J connectivity index is 1.42. The van der Waals surface area contributed by atoms with Crippen molar-refractivity contribution in [3.05, 3.63) is 48.4 Å². The van der Waals surface area contributed by atoms with Gasteiger partial charge in [-0.1, -0.05) is 6.92 Å². The third-order valence-electron chi connectivity index (χ3n) is 5.26. The SMILES string of the molecule is CC[C@H]1Oc2ccc(S(=O)(=O)N3CCN(C(=O)/C=C/c4ccco4)CC3)cc2NC1=O. The van der Waals surface area contributed by atoms with Crippen molar-refractivity contribution in [1.82, 2.24) is 9.21 Å². The number of nitrogens with zero attached hydrogens (tertiary/aromatic N) is 2. The number of anilines is 1. The largest absolute Gasteiger partial charge is 0.478 e. The van der Waals surface area contributed by atoms with Crippen LogP contribution in [-0.2, 0) is 19.6 Å². The molecule has 31 heavy (non-hydrogen) atoms. The van der Waals surface area contributed by atoms with Crippen LogP contribution >= 0.6 is 0 Å². The summed E-state index contributed by atoms with van der Waals surface area (Å²) >= 11 is 0. The zero-order valence-corrected chi connectivity index (χ0v) is 17.8. The molecule has 0 radical (unpaired) electrons. The molecule has 0 aliphatic carbocycles. The van der Waals surface area contributed by atoms with Gasteiger partial charge in [-0.3, -0.25) is 9.59 Å². The number of benzene rings is 1. The van der Waals surface area contributed by atoms with Gasteiger partial charge in [0.2, 0.25) is 15.9 Å². The lowest BCUT2D eigenvalue weighted by Crippen LogP contribution is -2.50. The van der Waals surface area contributed by atoms with Crippen molar-refractivity contribution in [3.63, 3.8) is 0 Å². The molecule has 2 aliphatic heterocycles. The monoisotopic (exact) mass is 445 g/mol. The summed E-state index contributed by atoms with van der Waals surface area (Å²) in [5.74, 6) is 0.527. The van der Waals surface area contributed by atoms with Gasteiger partial charge in [-0.2, -0.15) is 4.31 Å². The van der Waals surface area contributed by atoms with E-state index in [0.29, 0.717) is 23.6 Å². The highest BCUT2D eigenvalue weighted by atomic mass is 32.2. The second kappa shape index (κ2) is 8.56. The van der Waals surface area contributed by atoms with E-state index in [-0.39, 0.29) is 42.9 Å². The van der Waals surface area contributed by atoms with Crippen LogP contribution in [0.3, 0.4) is 0 Å². The molecule has 9 nitrogen and oxygen atoms in total. The summed E-state index contributed by atoms with van der Waals surface area (Å²) in [5, 5.41) is 2.71. The first kappa shape index (κ1) is 21.1. The molecule has 164 valence electrons. The summed E-state index contributed by atoms with van der Waals surface area (Å²) in [4.78, 5) is 26.0. The van der Waals surface area contributed by atoms with Crippen LogP contribution in [0.5, 0.6) is 5.75 Å². The fourth-order valence-corrected chi connectivity index (χ4v) is 4.95. The van der Waals surface area contributed by atoms with E-state index in [4.69, 9.17) is 9.15 Å². The third-order valence-corrected chi connectivity index (χ3v) is 7.16. The molecule has 0 bridgehead atoms. The summed E-state index contributed by atoms with van der Waals surface area (Å²) in [6.45, 7) is 2.76. The van der Waals surface area contributed by atoms with Gasteiger partial charge in [0.05, 0.1) is 16.8 Å². The van der Waals surface area contributed by atoms with Crippen LogP contribution in [0.1, 0.15) is 19.1 Å². The Hall–Kier alpha value is -3.11. The van der Waals surface area contributed by atoms with E-state index in [1.165, 1.54) is 28.8 Å². The first-order valence-electron chi connectivity index (χ1n) is 10.0. The highest BCUT2D eigenvalue weighted by Gasteiger charge is 2.32. The second-order valence-corrected chi connectivity index (χ2v) is 9.18. The molecule has 0 spiro atoms. The molecule has 10 heteroatoms. The van der Waals surface area contributed by atoms with Gasteiger partial charge >= 0.3 is 0 Å². The fraction of sp³-hybridized carbons (Fsp3) is 0.333. The lowest BCUT2D eigenvalue weighted by Gasteiger charge is -2.33. The average molecular weight is 445 g/mol. The lowest BCUT2D eigenvalue weighted by molar-refractivity contribution is -0.127. The Morgan fingerprint density at radius 2 is 2.00 bits per heavy atom. The molecular formula is C21H23N3O6S. The van der Waals surface area contributed by atoms with Crippen LogP contribution in [0.25, 0.3) is 6.08 Å². The van der Waals surface area contributed by atoms with E-state index in [1.54, 1.807) is 29.2 Å². The number of hydrogen-bond acceptors (Lipinski definition) is 6. The molecule has 1 aromatic carbocycles. The van der Waals surface area contributed by atoms with Gasteiger partial charge in [0.1, 0.15) is 11.5 Å². The standard InChI is InChI=1S/C21H23N3O6S/c1-2-18-21(26)22-17-14-16(6-7-19(17)30-18)31(27,28)24-11-9-23(10-12-24)20(25)8-5-15-4-3-13-29-15/h3-8,13-14,18H,2,9-12H2,1H3,(H,22,26)/b8-5+/t18-/m1/s1. The van der Waals surface area contributed by atoms with E-state index in [1.807, 2.05) is 6.92 Å². The van der Waals surface area contributed by atoms with E-state index in [2.05, 4.69) is 5.32 Å². The van der Waals surface area contributed by atoms with Crippen molar-refractivity contribution < 1.29 is 27.2 Å². The molecule has 1 atom stereocenters. The van der Waals surface area contributed by atoms with E-state index in [9.17, 15) is 18.0 Å². The minimum atomic E-state index is -3.77. The second-order valence-electron chi connectivity index (χ2n) is 7.24. The van der Waals surface area contributed by atoms with Crippen molar-refractivity contribution in [2.75, 3.05) is 31.5 Å². The molecule has 1 saturated heterocycles. The minimum Gasteiger partial charge on any atom is -0.478 e. The molecule has 3 heterocycles. The maximum atomic E-state index is 13.1. The smallest absolute Gasteiger partial charge is 0.265 e. The topological polar surface area (TPSA) is 109 Å². The number of furan rings is 1. The zero-order valence-electron chi connectivity index (χ0n) is 17.0. The third kappa shape index (κ3) is 4.35. The summed E-state index contributed by atoms with van der Waals surface area (Å²) in [7, 11) is -3.77. The van der Waals surface area contributed by atoms with Gasteiger partial charge in [0, 0.05) is 32.3 Å². The van der Waals surface area contributed by atoms with Gasteiger partial charge in [0.25, 0.3) is 5.91 Å². The zero-order chi connectivity index (χ0) is 22.0. The van der Waals surface area contributed by atoms with Crippen molar-refractivity contribution >= 4 is 33.6 Å². The maximum Gasteiger partial charge on any atom is 0.265 e. The minimum absolute atomic E-state index is 0.0718. The molecular weight excluding hydrogens is 422 g/mol. The van der Waals surface area contributed by atoms with Crippen molar-refractivity contribution in [2.45, 2.75) is 24.3 Å². The Morgan fingerprint density at radius 1 is 1.23 bits per heavy atom. The number of fused-ring (bicyclic) bond motifs is 1. The van der Waals surface area contributed by atoms with Crippen molar-refractivity contribution in [3.8, 4) is 5.75 Å². The lowest BCUT2D eigenvalue weighted by atomic mass is 10.2.